The number of nitrogens with one attached hydrogen (secondary N) is 1. The summed E-state index contributed by atoms with van der Waals surface area (Å²) in [6, 6.07) is 5.65. The van der Waals surface area contributed by atoms with E-state index >= 15 is 0 Å². The molecule has 0 amide bonds. The van der Waals surface area contributed by atoms with Crippen molar-refractivity contribution in [2.45, 2.75) is 129 Å². The van der Waals surface area contributed by atoms with Crippen molar-refractivity contribution >= 4 is 0 Å². The first-order chi connectivity index (χ1) is 18.3. The standard InChI is InChI=1S/C18H35N3.C14H27N3/c1-14(2)20-9-7-16(8-10-20)11-19-12-17-5-6-18(13-19)21(17)15(3)4;1-11(2)17-13-7-14(17)10-16(9-13)8-12-3-5-15-6-4-12/h14-18H,5-13H2,1-4H3;11-15H,3-10H2,1-2H3. The normalized spacial score (nSPS) is 34.7. The maximum atomic E-state index is 3.46. The number of hydrogen-bond donors (Lipinski definition) is 1. The van der Waals surface area contributed by atoms with Gasteiger partial charge in [-0.15, -0.1) is 0 Å². The Morgan fingerprint density at radius 2 is 1.00 bits per heavy atom. The molecule has 7 heterocycles. The molecule has 0 aromatic heterocycles. The van der Waals surface area contributed by atoms with Crippen molar-refractivity contribution in [2.75, 3.05) is 65.4 Å². The van der Waals surface area contributed by atoms with E-state index in [0.29, 0.717) is 0 Å². The molecule has 0 radical (unpaired) electrons. The van der Waals surface area contributed by atoms with Gasteiger partial charge in [-0.1, -0.05) is 0 Å². The summed E-state index contributed by atoms with van der Waals surface area (Å²) >= 11 is 0. The molecule has 7 aliphatic heterocycles. The summed E-state index contributed by atoms with van der Waals surface area (Å²) in [5.41, 5.74) is 0. The van der Waals surface area contributed by atoms with E-state index < -0.39 is 0 Å². The van der Waals surface area contributed by atoms with Crippen LogP contribution < -0.4 is 5.32 Å². The van der Waals surface area contributed by atoms with Crippen molar-refractivity contribution in [2.24, 2.45) is 11.8 Å². The molecule has 38 heavy (non-hydrogen) atoms. The zero-order valence-corrected chi connectivity index (χ0v) is 26.0. The molecule has 4 atom stereocenters. The van der Waals surface area contributed by atoms with Gasteiger partial charge in [-0.3, -0.25) is 19.6 Å². The molecule has 7 fully saturated rings. The Labute approximate surface area is 235 Å². The van der Waals surface area contributed by atoms with Crippen LogP contribution in [0, 0.1) is 11.8 Å². The molecule has 0 aromatic rings. The second-order valence-corrected chi connectivity index (χ2v) is 14.7. The third kappa shape index (κ3) is 6.97. The highest BCUT2D eigenvalue weighted by molar-refractivity contribution is 5.02. The van der Waals surface area contributed by atoms with Gasteiger partial charge in [0.05, 0.1) is 0 Å². The molecule has 7 aliphatic rings. The van der Waals surface area contributed by atoms with Crippen molar-refractivity contribution in [1.82, 2.24) is 29.8 Å². The molecule has 7 saturated heterocycles. The Hall–Kier alpha value is -0.240. The van der Waals surface area contributed by atoms with Gasteiger partial charge in [-0.05, 0) is 125 Å². The smallest absolute Gasteiger partial charge is 0.0244 e. The summed E-state index contributed by atoms with van der Waals surface area (Å²) in [6.07, 6.45) is 9.94. The number of rotatable bonds is 7. The van der Waals surface area contributed by atoms with E-state index in [9.17, 15) is 0 Å². The van der Waals surface area contributed by atoms with Gasteiger partial charge in [0.2, 0.25) is 0 Å². The van der Waals surface area contributed by atoms with Crippen LogP contribution >= 0.6 is 0 Å². The van der Waals surface area contributed by atoms with Gasteiger partial charge in [0, 0.05) is 81.6 Å². The lowest BCUT2D eigenvalue weighted by molar-refractivity contribution is -0.0914. The fraction of sp³-hybridized carbons (Fsp3) is 1.00. The van der Waals surface area contributed by atoms with Crippen LogP contribution in [0.25, 0.3) is 0 Å². The van der Waals surface area contributed by atoms with Gasteiger partial charge in [0.1, 0.15) is 0 Å². The minimum absolute atomic E-state index is 0.733. The highest BCUT2D eigenvalue weighted by atomic mass is 15.4. The first-order valence-corrected chi connectivity index (χ1v) is 16.7. The summed E-state index contributed by atoms with van der Waals surface area (Å²) in [5.74, 6) is 1.91. The van der Waals surface area contributed by atoms with E-state index in [0.717, 1.165) is 54.1 Å². The van der Waals surface area contributed by atoms with E-state index in [1.54, 1.807) is 0 Å². The zero-order valence-electron chi connectivity index (χ0n) is 26.0. The minimum atomic E-state index is 0.733. The lowest BCUT2D eigenvalue weighted by atomic mass is 9.85. The van der Waals surface area contributed by atoms with Crippen LogP contribution in [-0.4, -0.2) is 132 Å². The number of likely N-dealkylation sites (tertiary alicyclic amines) is 2. The molecule has 6 nitrogen and oxygen atoms in total. The summed E-state index contributed by atoms with van der Waals surface area (Å²) in [5, 5.41) is 3.46. The van der Waals surface area contributed by atoms with Crippen LogP contribution in [0.4, 0.5) is 0 Å². The van der Waals surface area contributed by atoms with Crippen molar-refractivity contribution < 1.29 is 0 Å². The van der Waals surface area contributed by atoms with Crippen molar-refractivity contribution in [1.29, 1.82) is 0 Å². The lowest BCUT2D eigenvalue weighted by Gasteiger charge is -2.58. The molecule has 0 saturated carbocycles. The minimum Gasteiger partial charge on any atom is -0.317 e. The fourth-order valence-corrected chi connectivity index (χ4v) is 9.18. The molecular formula is C32H62N6. The molecule has 0 aliphatic carbocycles. The van der Waals surface area contributed by atoms with Crippen molar-refractivity contribution in [3.8, 4) is 0 Å². The topological polar surface area (TPSA) is 28.2 Å². The van der Waals surface area contributed by atoms with Crippen LogP contribution in [-0.2, 0) is 0 Å². The molecular weight excluding hydrogens is 468 g/mol. The van der Waals surface area contributed by atoms with E-state index in [1.807, 2.05) is 0 Å². The first-order valence-electron chi connectivity index (χ1n) is 16.7. The average molecular weight is 531 g/mol. The third-order valence-corrected chi connectivity index (χ3v) is 11.0. The highest BCUT2D eigenvalue weighted by Gasteiger charge is 2.45. The Kier molecular flexibility index (Phi) is 10.1. The highest BCUT2D eigenvalue weighted by Crippen LogP contribution is 2.35. The molecule has 0 aromatic carbocycles. The summed E-state index contributed by atoms with van der Waals surface area (Å²) < 4.78 is 0. The van der Waals surface area contributed by atoms with Crippen LogP contribution in [0.3, 0.4) is 0 Å². The molecule has 220 valence electrons. The number of hydrogen-bond acceptors (Lipinski definition) is 6. The Balaban J connectivity index is 0.000000158. The molecule has 4 bridgehead atoms. The second kappa shape index (κ2) is 13.2. The van der Waals surface area contributed by atoms with Crippen LogP contribution in [0.1, 0.15) is 86.5 Å². The Morgan fingerprint density at radius 1 is 0.553 bits per heavy atom. The number of fused-ring (bicyclic) bond motifs is 4. The third-order valence-electron chi connectivity index (χ3n) is 11.0. The second-order valence-electron chi connectivity index (χ2n) is 14.7. The van der Waals surface area contributed by atoms with Crippen molar-refractivity contribution in [3.05, 3.63) is 0 Å². The van der Waals surface area contributed by atoms with E-state index in [1.165, 1.54) is 110 Å². The summed E-state index contributed by atoms with van der Waals surface area (Å²) in [6.45, 7) is 27.3. The largest absolute Gasteiger partial charge is 0.317 e. The summed E-state index contributed by atoms with van der Waals surface area (Å²) in [4.78, 5) is 13.7. The monoisotopic (exact) mass is 531 g/mol. The van der Waals surface area contributed by atoms with Gasteiger partial charge in [-0.25, -0.2) is 0 Å². The van der Waals surface area contributed by atoms with Gasteiger partial charge in [0.15, 0.2) is 0 Å². The van der Waals surface area contributed by atoms with Gasteiger partial charge < -0.3 is 10.2 Å². The van der Waals surface area contributed by atoms with Gasteiger partial charge in [-0.2, -0.15) is 0 Å². The Morgan fingerprint density at radius 3 is 1.47 bits per heavy atom. The fourth-order valence-electron chi connectivity index (χ4n) is 9.18. The Bertz CT molecular complexity index is 687. The van der Waals surface area contributed by atoms with Crippen LogP contribution in [0.5, 0.6) is 0 Å². The van der Waals surface area contributed by atoms with E-state index in [2.05, 4.69) is 71.4 Å². The summed E-state index contributed by atoms with van der Waals surface area (Å²) in [7, 11) is 0. The molecule has 1 N–H and O–H groups in total. The SMILES string of the molecule is CC(C)N1C2CC1CN(CC1CCNCC1)C2.CC(C)N1CCC(CN2CC3CCC(C2)N3C(C)C)CC1. The van der Waals surface area contributed by atoms with E-state index in [-0.39, 0.29) is 0 Å². The van der Waals surface area contributed by atoms with Crippen molar-refractivity contribution in [3.63, 3.8) is 0 Å². The number of piperazine rings is 2. The maximum absolute atomic E-state index is 3.46. The molecule has 6 heteroatoms. The average Bonchev–Trinajstić information content (AvgIpc) is 3.16. The van der Waals surface area contributed by atoms with Crippen LogP contribution in [0.2, 0.25) is 0 Å². The predicted octanol–water partition coefficient (Wildman–Crippen LogP) is 3.82. The maximum Gasteiger partial charge on any atom is 0.0244 e. The van der Waals surface area contributed by atoms with Gasteiger partial charge >= 0.3 is 0 Å². The lowest BCUT2D eigenvalue weighted by Crippen LogP contribution is -2.70. The van der Waals surface area contributed by atoms with E-state index in [4.69, 9.17) is 0 Å². The molecule has 7 rings (SSSR count). The predicted molar refractivity (Wildman–Crippen MR) is 161 cm³/mol. The number of nitrogens with zero attached hydrogens (tertiary/aromatic N) is 5. The molecule has 4 unspecified atom stereocenters. The quantitative estimate of drug-likeness (QED) is 0.538. The van der Waals surface area contributed by atoms with Gasteiger partial charge in [0.25, 0.3) is 0 Å². The number of piperidine rings is 3. The van der Waals surface area contributed by atoms with Crippen LogP contribution in [0.15, 0.2) is 0 Å². The zero-order chi connectivity index (χ0) is 26.8. The molecule has 0 spiro atoms. The first kappa shape index (κ1) is 29.3.